The molecule has 0 saturated carbocycles. The Morgan fingerprint density at radius 3 is 2.30 bits per heavy atom. The number of aryl methyl sites for hydroxylation is 1. The molecule has 5 aromatic rings. The summed E-state index contributed by atoms with van der Waals surface area (Å²) in [5.74, 6) is -1.45. The van der Waals surface area contributed by atoms with E-state index >= 15 is 0 Å². The molecule has 0 aliphatic carbocycles. The zero-order valence-corrected chi connectivity index (χ0v) is 40.8. The Labute approximate surface area is 403 Å². The van der Waals surface area contributed by atoms with Gasteiger partial charge in [-0.3, -0.25) is 18.7 Å². The number of hydrogen-bond acceptors (Lipinski definition) is 14. The molecule has 17 nitrogen and oxygen atoms in total. The molecule has 22 heteroatoms. The van der Waals surface area contributed by atoms with Crippen molar-refractivity contribution in [2.45, 2.75) is 71.4 Å². The van der Waals surface area contributed by atoms with Crippen molar-refractivity contribution in [2.75, 3.05) is 61.2 Å². The Balaban J connectivity index is 0.959. The molecular formula is C47H56F3N9O8S2. The molecule has 1 saturated heterocycles. The number of sulfonamides is 1. The molecule has 0 spiro atoms. The van der Waals surface area contributed by atoms with Crippen LogP contribution in [-0.4, -0.2) is 116 Å². The van der Waals surface area contributed by atoms with Crippen LogP contribution in [0.25, 0.3) is 10.4 Å². The first-order valence-corrected chi connectivity index (χ1v) is 24.6. The summed E-state index contributed by atoms with van der Waals surface area (Å²) in [5.41, 5.74) is 3.74. The number of aliphatic hydroxyl groups is 1. The molecule has 0 bridgehead atoms. The number of rotatable bonds is 19. The number of alkyl halides is 3. The number of nitrogens with one attached hydrogen (secondary N) is 3. The number of carbonyl (C=O) groups is 3. The van der Waals surface area contributed by atoms with E-state index in [0.717, 1.165) is 32.3 Å². The fraction of sp³-hybridized carbons (Fsp3) is 0.404. The molecule has 1 fully saturated rings. The number of likely N-dealkylation sites (tertiary alicyclic amines) is 1. The average molecular weight is 996 g/mol. The largest absolute Gasteiger partial charge is 0.491 e. The van der Waals surface area contributed by atoms with Gasteiger partial charge in [0.05, 0.1) is 47.3 Å². The Kier molecular flexibility index (Phi) is 16.5. The van der Waals surface area contributed by atoms with Crippen LogP contribution in [0.2, 0.25) is 0 Å². The fourth-order valence-electron chi connectivity index (χ4n) is 7.36. The van der Waals surface area contributed by atoms with Crippen molar-refractivity contribution in [3.05, 3.63) is 101 Å². The van der Waals surface area contributed by atoms with E-state index in [2.05, 4.69) is 30.9 Å². The Bertz CT molecular complexity index is 2700. The van der Waals surface area contributed by atoms with Gasteiger partial charge >= 0.3 is 6.18 Å². The summed E-state index contributed by atoms with van der Waals surface area (Å²) in [6.07, 6.45) is -4.02. The smallest absolute Gasteiger partial charge is 0.421 e. The molecule has 370 valence electrons. The quantitative estimate of drug-likeness (QED) is 0.0659. The molecule has 3 heterocycles. The zero-order chi connectivity index (χ0) is 50.3. The van der Waals surface area contributed by atoms with Crippen molar-refractivity contribution in [1.29, 1.82) is 0 Å². The van der Waals surface area contributed by atoms with Crippen molar-refractivity contribution in [3.63, 3.8) is 0 Å². The number of β-amino-alcohol motifs (C(OH)–C–C–N with tert-alkyl or cyclic N) is 1. The monoisotopic (exact) mass is 995 g/mol. The number of amides is 3. The number of aromatic nitrogens is 3. The van der Waals surface area contributed by atoms with Crippen LogP contribution in [0, 0.1) is 12.3 Å². The van der Waals surface area contributed by atoms with Gasteiger partial charge in [0.25, 0.3) is 0 Å². The second-order valence-corrected chi connectivity index (χ2v) is 20.4. The Morgan fingerprint density at radius 1 is 0.971 bits per heavy atom. The molecule has 3 aromatic carbocycles. The normalized spacial score (nSPS) is 15.6. The summed E-state index contributed by atoms with van der Waals surface area (Å²) in [6, 6.07) is 18.3. The summed E-state index contributed by atoms with van der Waals surface area (Å²) in [5, 5.41) is 19.2. The molecule has 4 N–H and O–H groups in total. The maximum absolute atomic E-state index is 14.1. The lowest BCUT2D eigenvalue weighted by atomic mass is 9.85. The van der Waals surface area contributed by atoms with Gasteiger partial charge < -0.3 is 40.3 Å². The minimum absolute atomic E-state index is 0.0226. The van der Waals surface area contributed by atoms with Crippen LogP contribution in [0.5, 0.6) is 5.75 Å². The standard InChI is InChI=1S/C47H56F3N9O8S2/c1-29-40(68-28-53-29)31-13-11-30(12-14-31)25-51-43(62)38-24-35(60)27-59(38)44(63)41(46(2,3)4)55-39(61)19-20-66-21-22-67-36-17-15-32(16-18-36)54-45-52-26-37(47(48,49)50)42(56-45)57(5)33-9-8-10-34(23-33)58(6)69(7,64)65/h8-18,23,26,28,35,38,41,60H,19-22,24-25,27H2,1-7H3,(H,51,62)(H,55,61)(H,52,54,56)/t35-,38+,41-/m1/s1. The zero-order valence-electron chi connectivity index (χ0n) is 39.2. The molecule has 6 rings (SSSR count). The van der Waals surface area contributed by atoms with Crippen LogP contribution in [0.4, 0.5) is 42.0 Å². The molecule has 3 atom stereocenters. The predicted octanol–water partition coefficient (Wildman–Crippen LogP) is 6.43. The highest BCUT2D eigenvalue weighted by Crippen LogP contribution is 2.39. The first-order valence-electron chi connectivity index (χ1n) is 21.8. The van der Waals surface area contributed by atoms with Gasteiger partial charge in [-0.05, 0) is 65.9 Å². The number of benzene rings is 3. The second kappa shape index (κ2) is 21.9. The van der Waals surface area contributed by atoms with E-state index in [4.69, 9.17) is 9.47 Å². The van der Waals surface area contributed by atoms with E-state index in [0.29, 0.717) is 17.6 Å². The van der Waals surface area contributed by atoms with Gasteiger partial charge in [0, 0.05) is 57.6 Å². The summed E-state index contributed by atoms with van der Waals surface area (Å²) >= 11 is 1.55. The number of hydrogen-bond donors (Lipinski definition) is 4. The van der Waals surface area contributed by atoms with Crippen molar-refractivity contribution in [1.82, 2.24) is 30.5 Å². The van der Waals surface area contributed by atoms with Crippen molar-refractivity contribution in [3.8, 4) is 16.2 Å². The van der Waals surface area contributed by atoms with Crippen LogP contribution in [0.3, 0.4) is 0 Å². The summed E-state index contributed by atoms with van der Waals surface area (Å²) in [6.45, 7) is 7.79. The molecular weight excluding hydrogens is 940 g/mol. The first-order chi connectivity index (χ1) is 32.5. The molecule has 1 aliphatic rings. The number of halogens is 3. The predicted molar refractivity (Wildman–Crippen MR) is 257 cm³/mol. The minimum atomic E-state index is -4.79. The van der Waals surface area contributed by atoms with Crippen LogP contribution >= 0.6 is 11.3 Å². The number of thiazole rings is 1. The molecule has 0 radical (unpaired) electrons. The summed E-state index contributed by atoms with van der Waals surface area (Å²) < 4.78 is 78.9. The number of aliphatic hydroxyl groups excluding tert-OH is 1. The van der Waals surface area contributed by atoms with E-state index in [-0.39, 0.29) is 63.1 Å². The van der Waals surface area contributed by atoms with Gasteiger partial charge in [-0.2, -0.15) is 18.2 Å². The van der Waals surface area contributed by atoms with Gasteiger partial charge in [-0.25, -0.2) is 18.4 Å². The maximum Gasteiger partial charge on any atom is 0.421 e. The highest BCUT2D eigenvalue weighted by molar-refractivity contribution is 7.92. The van der Waals surface area contributed by atoms with Gasteiger partial charge in [0.1, 0.15) is 30.0 Å². The second-order valence-electron chi connectivity index (χ2n) is 17.5. The van der Waals surface area contributed by atoms with Crippen molar-refractivity contribution < 1.29 is 50.6 Å². The van der Waals surface area contributed by atoms with E-state index in [1.165, 1.54) is 48.2 Å². The van der Waals surface area contributed by atoms with Crippen molar-refractivity contribution >= 4 is 67.9 Å². The molecule has 2 aromatic heterocycles. The maximum atomic E-state index is 14.1. The van der Waals surface area contributed by atoms with Gasteiger partial charge in [-0.1, -0.05) is 51.1 Å². The van der Waals surface area contributed by atoms with Crippen LogP contribution in [0.1, 0.15) is 50.4 Å². The lowest BCUT2D eigenvalue weighted by Crippen LogP contribution is -2.57. The third-order valence-electron chi connectivity index (χ3n) is 11.3. The summed E-state index contributed by atoms with van der Waals surface area (Å²) in [7, 11) is -0.911. The van der Waals surface area contributed by atoms with Gasteiger partial charge in [-0.15, -0.1) is 11.3 Å². The number of anilines is 5. The third-order valence-corrected chi connectivity index (χ3v) is 13.4. The van der Waals surface area contributed by atoms with Crippen LogP contribution in [0.15, 0.2) is 84.5 Å². The number of ether oxygens (including phenoxy) is 2. The average Bonchev–Trinajstić information content (AvgIpc) is 3.92. The third kappa shape index (κ3) is 13.7. The highest BCUT2D eigenvalue weighted by Gasteiger charge is 2.44. The highest BCUT2D eigenvalue weighted by atomic mass is 32.2. The molecule has 3 amide bonds. The van der Waals surface area contributed by atoms with Gasteiger partial charge in [0.15, 0.2) is 5.82 Å². The fourth-order valence-corrected chi connectivity index (χ4v) is 8.67. The molecule has 1 aliphatic heterocycles. The Hall–Kier alpha value is -6.36. The number of nitrogens with zero attached hydrogens (tertiary/aromatic N) is 6. The Morgan fingerprint density at radius 2 is 1.67 bits per heavy atom. The summed E-state index contributed by atoms with van der Waals surface area (Å²) in [4.78, 5) is 56.5. The SMILES string of the molecule is Cc1ncsc1-c1ccc(CNC(=O)[C@@H]2C[C@@H](O)CN2C(=O)[C@@H](NC(=O)CCOCCOc2ccc(Nc3ncc(C(F)(F)F)c(N(C)c4cccc(N(C)S(C)(=O)=O)c4)n3)cc2)C(C)(C)C)cc1. The van der Waals surface area contributed by atoms with E-state index < -0.39 is 68.9 Å². The topological polar surface area (TPSA) is 209 Å². The minimum Gasteiger partial charge on any atom is -0.491 e. The lowest BCUT2D eigenvalue weighted by Gasteiger charge is -2.35. The first kappa shape index (κ1) is 52.0. The molecule has 69 heavy (non-hydrogen) atoms. The van der Waals surface area contributed by atoms with Crippen LogP contribution in [-0.2, 0) is 41.9 Å². The number of carbonyl (C=O) groups excluding carboxylic acids is 3. The van der Waals surface area contributed by atoms with Crippen LogP contribution < -0.4 is 29.9 Å². The molecule has 0 unspecified atom stereocenters. The van der Waals surface area contributed by atoms with Gasteiger partial charge in [0.2, 0.25) is 33.7 Å². The van der Waals surface area contributed by atoms with E-state index in [9.17, 15) is 41.1 Å². The van der Waals surface area contributed by atoms with Crippen molar-refractivity contribution in [2.24, 2.45) is 5.41 Å². The van der Waals surface area contributed by atoms with E-state index in [1.807, 2.05) is 31.2 Å². The lowest BCUT2D eigenvalue weighted by molar-refractivity contribution is -0.144. The van der Waals surface area contributed by atoms with E-state index in [1.54, 1.807) is 61.9 Å².